The van der Waals surface area contributed by atoms with Crippen molar-refractivity contribution < 1.29 is 14.0 Å². The van der Waals surface area contributed by atoms with E-state index < -0.39 is 0 Å². The molecular weight excluding hydrogens is 451 g/mol. The van der Waals surface area contributed by atoms with Crippen molar-refractivity contribution in [3.63, 3.8) is 0 Å². The number of rotatable bonds is 9. The number of hydrogen-bond acceptors (Lipinski definition) is 2. The molecule has 4 aromatic rings. The van der Waals surface area contributed by atoms with Gasteiger partial charge in [-0.1, -0.05) is 84.9 Å². The fraction of sp³-hybridized carbons (Fsp3) is 0.0968. The summed E-state index contributed by atoms with van der Waals surface area (Å²) in [7, 11) is 0. The summed E-state index contributed by atoms with van der Waals surface area (Å²) in [6, 6.07) is 32.8. The predicted molar refractivity (Wildman–Crippen MR) is 142 cm³/mol. The average molecular weight is 479 g/mol. The summed E-state index contributed by atoms with van der Waals surface area (Å²) >= 11 is 0. The lowest BCUT2D eigenvalue weighted by Crippen LogP contribution is -2.29. The lowest BCUT2D eigenvalue weighted by atomic mass is 10.1. The van der Waals surface area contributed by atoms with E-state index in [1.54, 1.807) is 23.1 Å². The van der Waals surface area contributed by atoms with Gasteiger partial charge in [0.05, 0.1) is 13.0 Å². The molecule has 2 amide bonds. The largest absolute Gasteiger partial charge is 0.352 e. The zero-order valence-corrected chi connectivity index (χ0v) is 19.8. The Hall–Kier alpha value is -4.51. The number of benzene rings is 4. The Morgan fingerprint density at radius 3 is 2.14 bits per heavy atom. The highest BCUT2D eigenvalue weighted by Gasteiger charge is 2.15. The van der Waals surface area contributed by atoms with Gasteiger partial charge in [-0.05, 0) is 52.6 Å². The highest BCUT2D eigenvalue weighted by atomic mass is 19.1. The van der Waals surface area contributed by atoms with Crippen LogP contribution >= 0.6 is 0 Å². The van der Waals surface area contributed by atoms with E-state index in [0.29, 0.717) is 12.2 Å². The maximum absolute atomic E-state index is 13.4. The highest BCUT2D eigenvalue weighted by molar-refractivity contribution is 6.03. The van der Waals surface area contributed by atoms with Crippen LogP contribution in [-0.4, -0.2) is 11.8 Å². The van der Waals surface area contributed by atoms with E-state index >= 15 is 0 Å². The molecule has 4 nitrogen and oxygen atoms in total. The van der Waals surface area contributed by atoms with Crippen molar-refractivity contribution in [1.82, 2.24) is 5.32 Å². The first-order chi connectivity index (χ1) is 17.6. The van der Waals surface area contributed by atoms with Crippen molar-refractivity contribution in [2.24, 2.45) is 0 Å². The Bertz CT molecular complexity index is 1320. The number of carbonyl (C=O) groups excluding carboxylic acids is 2. The Labute approximate surface area is 210 Å². The van der Waals surface area contributed by atoms with Gasteiger partial charge < -0.3 is 10.2 Å². The average Bonchev–Trinajstić information content (AvgIpc) is 2.91. The van der Waals surface area contributed by atoms with Gasteiger partial charge in [-0.2, -0.15) is 0 Å². The topological polar surface area (TPSA) is 49.4 Å². The summed E-state index contributed by atoms with van der Waals surface area (Å²) in [6.07, 6.45) is 3.48. The number of carbonyl (C=O) groups is 2. The standard InChI is InChI=1S/C31H27FN2O2/c32-28-17-14-26(15-18-28)23-34(31(36)19-16-24-8-3-1-4-9-24)29-13-7-12-27(20-29)21-30(35)33-22-25-10-5-2-6-11-25/h1-20H,21-23H2,(H,33,35). The van der Waals surface area contributed by atoms with Crippen LogP contribution in [0.3, 0.4) is 0 Å². The highest BCUT2D eigenvalue weighted by Crippen LogP contribution is 2.21. The van der Waals surface area contributed by atoms with E-state index in [9.17, 15) is 14.0 Å². The number of nitrogens with zero attached hydrogens (tertiary/aromatic N) is 1. The molecule has 0 atom stereocenters. The molecule has 0 saturated carbocycles. The number of nitrogens with one attached hydrogen (secondary N) is 1. The van der Waals surface area contributed by atoms with E-state index in [-0.39, 0.29) is 30.6 Å². The van der Waals surface area contributed by atoms with Gasteiger partial charge in [0.25, 0.3) is 5.91 Å². The fourth-order valence-corrected chi connectivity index (χ4v) is 3.77. The number of halogens is 1. The van der Waals surface area contributed by atoms with Crippen LogP contribution in [0.15, 0.2) is 115 Å². The van der Waals surface area contributed by atoms with Crippen LogP contribution in [0.4, 0.5) is 10.1 Å². The Kier molecular flexibility index (Phi) is 8.39. The number of amides is 2. The number of anilines is 1. The lowest BCUT2D eigenvalue weighted by Gasteiger charge is -2.22. The monoisotopic (exact) mass is 478 g/mol. The first-order valence-corrected chi connectivity index (χ1v) is 11.8. The summed E-state index contributed by atoms with van der Waals surface area (Å²) in [4.78, 5) is 27.4. The minimum absolute atomic E-state index is 0.101. The van der Waals surface area contributed by atoms with Crippen LogP contribution in [0.25, 0.3) is 6.08 Å². The quantitative estimate of drug-likeness (QED) is 0.303. The van der Waals surface area contributed by atoms with Gasteiger partial charge in [0, 0.05) is 18.3 Å². The van der Waals surface area contributed by atoms with E-state index in [1.165, 1.54) is 18.2 Å². The van der Waals surface area contributed by atoms with Crippen LogP contribution in [0.5, 0.6) is 0 Å². The molecule has 0 saturated heterocycles. The van der Waals surface area contributed by atoms with E-state index in [2.05, 4.69) is 5.32 Å². The van der Waals surface area contributed by atoms with Crippen LogP contribution in [0, 0.1) is 5.82 Å². The minimum Gasteiger partial charge on any atom is -0.352 e. The van der Waals surface area contributed by atoms with Gasteiger partial charge in [0.2, 0.25) is 5.91 Å². The molecule has 36 heavy (non-hydrogen) atoms. The van der Waals surface area contributed by atoms with Crippen LogP contribution in [0.1, 0.15) is 22.3 Å². The van der Waals surface area contributed by atoms with Gasteiger partial charge >= 0.3 is 0 Å². The first kappa shape index (κ1) is 24.6. The van der Waals surface area contributed by atoms with Crippen molar-refractivity contribution in [2.75, 3.05) is 4.90 Å². The third-order valence-corrected chi connectivity index (χ3v) is 5.66. The summed E-state index contributed by atoms with van der Waals surface area (Å²) in [5.41, 5.74) is 4.19. The minimum atomic E-state index is -0.330. The zero-order chi connectivity index (χ0) is 25.2. The van der Waals surface area contributed by atoms with Crippen LogP contribution in [-0.2, 0) is 29.1 Å². The molecule has 5 heteroatoms. The van der Waals surface area contributed by atoms with Crippen LogP contribution in [0.2, 0.25) is 0 Å². The Morgan fingerprint density at radius 1 is 0.750 bits per heavy atom. The smallest absolute Gasteiger partial charge is 0.251 e. The third kappa shape index (κ3) is 7.24. The summed E-state index contributed by atoms with van der Waals surface area (Å²) in [6.45, 7) is 0.723. The molecule has 0 aromatic heterocycles. The molecule has 4 aromatic carbocycles. The Balaban J connectivity index is 1.51. The van der Waals surface area contributed by atoms with E-state index in [1.807, 2.05) is 84.9 Å². The van der Waals surface area contributed by atoms with Crippen molar-refractivity contribution in [3.8, 4) is 0 Å². The maximum atomic E-state index is 13.4. The summed E-state index contributed by atoms with van der Waals surface area (Å²) in [5, 5.41) is 2.94. The molecule has 4 rings (SSSR count). The van der Waals surface area contributed by atoms with E-state index in [4.69, 9.17) is 0 Å². The van der Waals surface area contributed by atoms with Gasteiger partial charge in [0.15, 0.2) is 0 Å². The SMILES string of the molecule is O=C(Cc1cccc(N(Cc2ccc(F)cc2)C(=O)C=Cc2ccccc2)c1)NCc1ccccc1. The molecule has 0 unspecified atom stereocenters. The van der Waals surface area contributed by atoms with Gasteiger partial charge in [-0.15, -0.1) is 0 Å². The molecule has 180 valence electrons. The van der Waals surface area contributed by atoms with Crippen molar-refractivity contribution >= 4 is 23.6 Å². The Morgan fingerprint density at radius 2 is 1.42 bits per heavy atom. The summed E-state index contributed by atoms with van der Waals surface area (Å²) in [5.74, 6) is -0.644. The molecule has 1 N–H and O–H groups in total. The fourth-order valence-electron chi connectivity index (χ4n) is 3.77. The third-order valence-electron chi connectivity index (χ3n) is 5.66. The molecule has 0 aliphatic heterocycles. The molecule has 0 heterocycles. The maximum Gasteiger partial charge on any atom is 0.251 e. The number of hydrogen-bond donors (Lipinski definition) is 1. The van der Waals surface area contributed by atoms with Crippen molar-refractivity contribution in [2.45, 2.75) is 19.5 Å². The van der Waals surface area contributed by atoms with E-state index in [0.717, 1.165) is 22.3 Å². The van der Waals surface area contributed by atoms with Gasteiger partial charge in [-0.3, -0.25) is 9.59 Å². The van der Waals surface area contributed by atoms with Crippen molar-refractivity contribution in [3.05, 3.63) is 143 Å². The van der Waals surface area contributed by atoms with Gasteiger partial charge in [-0.25, -0.2) is 4.39 Å². The molecular formula is C31H27FN2O2. The molecule has 0 bridgehead atoms. The van der Waals surface area contributed by atoms with Crippen molar-refractivity contribution in [1.29, 1.82) is 0 Å². The second kappa shape index (κ2) is 12.3. The zero-order valence-electron chi connectivity index (χ0n) is 19.8. The molecule has 0 aliphatic carbocycles. The molecule has 0 spiro atoms. The normalized spacial score (nSPS) is 10.8. The lowest BCUT2D eigenvalue weighted by molar-refractivity contribution is -0.120. The van der Waals surface area contributed by atoms with Crippen LogP contribution < -0.4 is 10.2 Å². The molecule has 0 aliphatic rings. The first-order valence-electron chi connectivity index (χ1n) is 11.8. The predicted octanol–water partition coefficient (Wildman–Crippen LogP) is 5.93. The summed E-state index contributed by atoms with van der Waals surface area (Å²) < 4.78 is 13.4. The van der Waals surface area contributed by atoms with Gasteiger partial charge in [0.1, 0.15) is 5.82 Å². The second-order valence-corrected chi connectivity index (χ2v) is 8.40. The molecule has 0 radical (unpaired) electrons. The second-order valence-electron chi connectivity index (χ2n) is 8.40. The molecule has 0 fully saturated rings.